The number of carbonyl (C=O) groups is 1. The molecule has 0 radical (unpaired) electrons. The quantitative estimate of drug-likeness (QED) is 0.738. The zero-order valence-electron chi connectivity index (χ0n) is 18.1. The summed E-state index contributed by atoms with van der Waals surface area (Å²) >= 11 is 0. The summed E-state index contributed by atoms with van der Waals surface area (Å²) in [6, 6.07) is 14.0. The van der Waals surface area contributed by atoms with Crippen LogP contribution in [0.3, 0.4) is 0 Å². The number of hydrogen-bond donors (Lipinski definition) is 1. The summed E-state index contributed by atoms with van der Waals surface area (Å²) in [5.41, 5.74) is 2.83. The van der Waals surface area contributed by atoms with Gasteiger partial charge in [0, 0.05) is 58.0 Å². The van der Waals surface area contributed by atoms with Gasteiger partial charge in [-0.3, -0.25) is 4.79 Å². The van der Waals surface area contributed by atoms with E-state index in [-0.39, 0.29) is 18.4 Å². The first-order valence-corrected chi connectivity index (χ1v) is 10.3. The first kappa shape index (κ1) is 21.6. The van der Waals surface area contributed by atoms with Gasteiger partial charge in [0.15, 0.2) is 0 Å². The Morgan fingerprint density at radius 2 is 1.72 bits per heavy atom. The minimum atomic E-state index is 0.0478. The summed E-state index contributed by atoms with van der Waals surface area (Å²) in [6.45, 7) is 4.31. The second kappa shape index (κ2) is 9.57. The standard InChI is InChI=1S/C23H34N4O2/c1-24(2)12-13-25(3)14-19-15-27(16-20(19)17-28)23(29)22-11-10-21(26(22)4)18-8-6-5-7-9-18/h5-11,19-20,28H,12-17H2,1-4H3/t19-,20-/m1/s1. The van der Waals surface area contributed by atoms with Crippen LogP contribution in [-0.4, -0.2) is 90.8 Å². The highest BCUT2D eigenvalue weighted by molar-refractivity contribution is 5.94. The Labute approximate surface area is 174 Å². The molecule has 1 amide bonds. The molecule has 1 fully saturated rings. The highest BCUT2D eigenvalue weighted by atomic mass is 16.3. The van der Waals surface area contributed by atoms with Crippen LogP contribution in [0.5, 0.6) is 0 Å². The highest BCUT2D eigenvalue weighted by Crippen LogP contribution is 2.27. The van der Waals surface area contributed by atoms with Crippen LogP contribution in [0.4, 0.5) is 0 Å². The second-order valence-corrected chi connectivity index (χ2v) is 8.51. The molecule has 0 aliphatic carbocycles. The summed E-state index contributed by atoms with van der Waals surface area (Å²) in [4.78, 5) is 19.6. The normalized spacial score (nSPS) is 19.5. The molecule has 29 heavy (non-hydrogen) atoms. The van der Waals surface area contributed by atoms with E-state index in [4.69, 9.17) is 0 Å². The first-order chi connectivity index (χ1) is 13.9. The van der Waals surface area contributed by atoms with Crippen molar-refractivity contribution in [2.75, 3.05) is 60.5 Å². The van der Waals surface area contributed by atoms with Gasteiger partial charge < -0.3 is 24.4 Å². The van der Waals surface area contributed by atoms with Crippen molar-refractivity contribution in [2.45, 2.75) is 0 Å². The predicted octanol–water partition coefficient (Wildman–Crippen LogP) is 1.87. The second-order valence-electron chi connectivity index (χ2n) is 8.51. The monoisotopic (exact) mass is 398 g/mol. The molecule has 1 aliphatic rings. The van der Waals surface area contributed by atoms with E-state index in [9.17, 15) is 9.90 Å². The van der Waals surface area contributed by atoms with E-state index in [1.165, 1.54) is 0 Å². The molecule has 6 heteroatoms. The van der Waals surface area contributed by atoms with Crippen molar-refractivity contribution in [1.82, 2.24) is 19.3 Å². The fourth-order valence-corrected chi connectivity index (χ4v) is 4.17. The number of likely N-dealkylation sites (tertiary alicyclic amines) is 1. The Morgan fingerprint density at radius 3 is 2.38 bits per heavy atom. The van der Waals surface area contributed by atoms with Crippen molar-refractivity contribution in [3.8, 4) is 11.3 Å². The van der Waals surface area contributed by atoms with Gasteiger partial charge in [0.25, 0.3) is 5.91 Å². The minimum Gasteiger partial charge on any atom is -0.396 e. The summed E-state index contributed by atoms with van der Waals surface area (Å²) in [5.74, 6) is 0.478. The molecule has 3 rings (SSSR count). The maximum Gasteiger partial charge on any atom is 0.270 e. The van der Waals surface area contributed by atoms with E-state index in [2.05, 4.69) is 43.1 Å². The average Bonchev–Trinajstić information content (AvgIpc) is 3.30. The van der Waals surface area contributed by atoms with Gasteiger partial charge >= 0.3 is 0 Å². The lowest BCUT2D eigenvalue weighted by Gasteiger charge is -2.25. The molecule has 0 bridgehead atoms. The summed E-state index contributed by atoms with van der Waals surface area (Å²) in [6.07, 6.45) is 0. The van der Waals surface area contributed by atoms with Gasteiger partial charge in [0.05, 0.1) is 0 Å². The van der Waals surface area contributed by atoms with Crippen LogP contribution in [0, 0.1) is 11.8 Å². The van der Waals surface area contributed by atoms with Crippen molar-refractivity contribution < 1.29 is 9.90 Å². The predicted molar refractivity (Wildman–Crippen MR) is 117 cm³/mol. The molecular formula is C23H34N4O2. The number of nitrogens with zero attached hydrogens (tertiary/aromatic N) is 4. The van der Waals surface area contributed by atoms with Crippen molar-refractivity contribution in [1.29, 1.82) is 0 Å². The fourth-order valence-electron chi connectivity index (χ4n) is 4.17. The van der Waals surface area contributed by atoms with E-state index < -0.39 is 0 Å². The van der Waals surface area contributed by atoms with Gasteiger partial charge in [-0.05, 0) is 44.8 Å². The topological polar surface area (TPSA) is 52.0 Å². The van der Waals surface area contributed by atoms with Crippen molar-refractivity contribution >= 4 is 5.91 Å². The van der Waals surface area contributed by atoms with Crippen molar-refractivity contribution in [3.63, 3.8) is 0 Å². The molecule has 1 aromatic heterocycles. The smallest absolute Gasteiger partial charge is 0.270 e. The lowest BCUT2D eigenvalue weighted by atomic mass is 9.96. The highest BCUT2D eigenvalue weighted by Gasteiger charge is 2.36. The number of aliphatic hydroxyl groups is 1. The molecule has 1 saturated heterocycles. The third kappa shape index (κ3) is 5.07. The molecule has 1 N–H and O–H groups in total. The zero-order valence-corrected chi connectivity index (χ0v) is 18.1. The SMILES string of the molecule is CN(C)CCN(C)C[C@@H]1CN(C(=O)c2ccc(-c3ccccc3)n2C)C[C@@H]1CO. The molecule has 6 nitrogen and oxygen atoms in total. The third-order valence-corrected chi connectivity index (χ3v) is 5.98. The number of amides is 1. The molecule has 0 unspecified atom stereocenters. The Kier molecular flexibility index (Phi) is 7.11. The maximum absolute atomic E-state index is 13.2. The van der Waals surface area contributed by atoms with Crippen LogP contribution in [0.25, 0.3) is 11.3 Å². The third-order valence-electron chi connectivity index (χ3n) is 5.98. The van der Waals surface area contributed by atoms with Gasteiger partial charge in [-0.15, -0.1) is 0 Å². The van der Waals surface area contributed by atoms with Gasteiger partial charge in [-0.25, -0.2) is 0 Å². The molecular weight excluding hydrogens is 364 g/mol. The number of hydrogen-bond acceptors (Lipinski definition) is 4. The van der Waals surface area contributed by atoms with Gasteiger partial charge in [0.1, 0.15) is 5.69 Å². The Hall–Kier alpha value is -2.15. The summed E-state index contributed by atoms with van der Waals surface area (Å²) < 4.78 is 1.97. The van der Waals surface area contributed by atoms with E-state index in [1.807, 2.05) is 46.8 Å². The Morgan fingerprint density at radius 1 is 1.03 bits per heavy atom. The Balaban J connectivity index is 1.68. The van der Waals surface area contributed by atoms with E-state index >= 15 is 0 Å². The van der Waals surface area contributed by atoms with Crippen molar-refractivity contribution in [2.24, 2.45) is 18.9 Å². The molecule has 2 heterocycles. The molecule has 1 aliphatic heterocycles. The van der Waals surface area contributed by atoms with E-state index in [0.29, 0.717) is 24.7 Å². The van der Waals surface area contributed by atoms with Gasteiger partial charge in [-0.2, -0.15) is 0 Å². The minimum absolute atomic E-state index is 0.0478. The van der Waals surface area contributed by atoms with Crippen LogP contribution < -0.4 is 0 Å². The van der Waals surface area contributed by atoms with E-state index in [1.54, 1.807) is 0 Å². The molecule has 0 saturated carbocycles. The van der Waals surface area contributed by atoms with Gasteiger partial charge in [-0.1, -0.05) is 30.3 Å². The Bertz CT molecular complexity index is 802. The number of carbonyl (C=O) groups excluding carboxylic acids is 1. The molecule has 158 valence electrons. The number of aliphatic hydroxyl groups excluding tert-OH is 1. The van der Waals surface area contributed by atoms with Gasteiger partial charge in [0.2, 0.25) is 0 Å². The van der Waals surface area contributed by atoms with Crippen LogP contribution in [-0.2, 0) is 7.05 Å². The number of likely N-dealkylation sites (N-methyl/N-ethyl adjacent to an activating group) is 2. The lowest BCUT2D eigenvalue weighted by Crippen LogP contribution is -2.35. The van der Waals surface area contributed by atoms with Crippen LogP contribution in [0.1, 0.15) is 10.5 Å². The molecule has 1 aromatic carbocycles. The average molecular weight is 399 g/mol. The summed E-state index contributed by atoms with van der Waals surface area (Å²) in [5, 5.41) is 9.88. The molecule has 2 aromatic rings. The van der Waals surface area contributed by atoms with Crippen molar-refractivity contribution in [3.05, 3.63) is 48.2 Å². The number of benzene rings is 1. The number of rotatable bonds is 8. The lowest BCUT2D eigenvalue weighted by molar-refractivity contribution is 0.0770. The molecule has 2 atom stereocenters. The van der Waals surface area contributed by atoms with Crippen LogP contribution in [0.15, 0.2) is 42.5 Å². The fraction of sp³-hybridized carbons (Fsp3) is 0.522. The summed E-state index contributed by atoms with van der Waals surface area (Å²) in [7, 11) is 8.21. The van der Waals surface area contributed by atoms with E-state index in [0.717, 1.165) is 30.9 Å². The first-order valence-electron chi connectivity index (χ1n) is 10.3. The number of aromatic nitrogens is 1. The zero-order chi connectivity index (χ0) is 21.0. The molecule has 0 spiro atoms. The maximum atomic E-state index is 13.2. The van der Waals surface area contributed by atoms with Crippen LogP contribution >= 0.6 is 0 Å². The van der Waals surface area contributed by atoms with Crippen LogP contribution in [0.2, 0.25) is 0 Å². The largest absolute Gasteiger partial charge is 0.396 e.